The molecule has 2 nitrogen and oxygen atoms in total. The number of benzene rings is 3. The zero-order chi connectivity index (χ0) is 14.7. The lowest BCUT2D eigenvalue weighted by Gasteiger charge is -2.12. The topological polar surface area (TPSA) is 29.5 Å². The summed E-state index contributed by atoms with van der Waals surface area (Å²) in [6.45, 7) is 0. The molecule has 103 valence electrons. The van der Waals surface area contributed by atoms with Crippen LogP contribution in [0.25, 0.3) is 11.1 Å². The fourth-order valence-electron chi connectivity index (χ4n) is 2.06. The molecule has 1 radical (unpaired) electrons. The second-order valence-corrected chi connectivity index (χ2v) is 5.27. The molecule has 3 heteroatoms. The van der Waals surface area contributed by atoms with E-state index in [4.69, 9.17) is 4.74 Å². The SMILES string of the molecule is Oc1c[c]c(Oc2ccccc2)c(Br)c1-c1ccccc1. The van der Waals surface area contributed by atoms with Crippen LogP contribution in [0.15, 0.2) is 71.2 Å². The van der Waals surface area contributed by atoms with Gasteiger partial charge in [0.25, 0.3) is 0 Å². The predicted octanol–water partition coefficient (Wildman–Crippen LogP) is 5.41. The van der Waals surface area contributed by atoms with Crippen molar-refractivity contribution in [3.8, 4) is 28.4 Å². The highest BCUT2D eigenvalue weighted by atomic mass is 79.9. The molecule has 0 spiro atoms. The Morgan fingerprint density at radius 2 is 1.52 bits per heavy atom. The third kappa shape index (κ3) is 2.93. The van der Waals surface area contributed by atoms with Crippen molar-refractivity contribution in [3.05, 3.63) is 77.3 Å². The number of hydrogen-bond donors (Lipinski definition) is 1. The van der Waals surface area contributed by atoms with Crippen LogP contribution in [0.2, 0.25) is 0 Å². The molecule has 0 aromatic heterocycles. The van der Waals surface area contributed by atoms with Gasteiger partial charge in [0.1, 0.15) is 17.2 Å². The Hall–Kier alpha value is -2.26. The van der Waals surface area contributed by atoms with Crippen molar-refractivity contribution in [2.75, 3.05) is 0 Å². The zero-order valence-electron chi connectivity index (χ0n) is 11.1. The van der Waals surface area contributed by atoms with Crippen LogP contribution in [0, 0.1) is 6.07 Å². The number of para-hydroxylation sites is 1. The van der Waals surface area contributed by atoms with Gasteiger partial charge in [0.2, 0.25) is 0 Å². The predicted molar refractivity (Wildman–Crippen MR) is 86.6 cm³/mol. The van der Waals surface area contributed by atoms with Crippen molar-refractivity contribution in [1.82, 2.24) is 0 Å². The fraction of sp³-hybridized carbons (Fsp3) is 0. The highest BCUT2D eigenvalue weighted by Crippen LogP contribution is 2.42. The van der Waals surface area contributed by atoms with Gasteiger partial charge in [-0.05, 0) is 39.7 Å². The summed E-state index contributed by atoms with van der Waals surface area (Å²) in [5, 5.41) is 10.1. The van der Waals surface area contributed by atoms with Crippen LogP contribution < -0.4 is 4.74 Å². The van der Waals surface area contributed by atoms with E-state index in [1.807, 2.05) is 60.7 Å². The summed E-state index contributed by atoms with van der Waals surface area (Å²) in [6.07, 6.45) is 0. The first kappa shape index (κ1) is 13.7. The Bertz CT molecular complexity index is 740. The van der Waals surface area contributed by atoms with Gasteiger partial charge < -0.3 is 9.84 Å². The minimum atomic E-state index is 0.161. The summed E-state index contributed by atoms with van der Waals surface area (Å²) in [5.41, 5.74) is 1.61. The summed E-state index contributed by atoms with van der Waals surface area (Å²) in [4.78, 5) is 0. The monoisotopic (exact) mass is 339 g/mol. The Kier molecular flexibility index (Phi) is 3.93. The lowest BCUT2D eigenvalue weighted by molar-refractivity contribution is 0.463. The average molecular weight is 340 g/mol. The van der Waals surface area contributed by atoms with E-state index in [9.17, 15) is 5.11 Å². The Balaban J connectivity index is 2.05. The second-order valence-electron chi connectivity index (χ2n) is 4.47. The molecule has 3 aromatic carbocycles. The van der Waals surface area contributed by atoms with Gasteiger partial charge in [-0.15, -0.1) is 0 Å². The summed E-state index contributed by atoms with van der Waals surface area (Å²) in [6, 6.07) is 23.6. The van der Waals surface area contributed by atoms with Crippen molar-refractivity contribution in [3.63, 3.8) is 0 Å². The second kappa shape index (κ2) is 6.02. The first-order chi connectivity index (χ1) is 10.3. The van der Waals surface area contributed by atoms with Crippen LogP contribution >= 0.6 is 15.9 Å². The van der Waals surface area contributed by atoms with Crippen LogP contribution in [-0.2, 0) is 0 Å². The maximum atomic E-state index is 10.1. The molecule has 0 aliphatic heterocycles. The van der Waals surface area contributed by atoms with Gasteiger partial charge >= 0.3 is 0 Å². The molecule has 0 aliphatic carbocycles. The summed E-state index contributed by atoms with van der Waals surface area (Å²) < 4.78 is 6.49. The molecular weight excluding hydrogens is 328 g/mol. The van der Waals surface area contributed by atoms with E-state index < -0.39 is 0 Å². The number of phenols is 1. The highest BCUT2D eigenvalue weighted by molar-refractivity contribution is 9.10. The molecule has 0 fully saturated rings. The van der Waals surface area contributed by atoms with E-state index in [-0.39, 0.29) is 5.75 Å². The quantitative estimate of drug-likeness (QED) is 0.690. The molecule has 3 aromatic rings. The molecule has 0 bridgehead atoms. The van der Waals surface area contributed by atoms with Gasteiger partial charge in [-0.2, -0.15) is 0 Å². The Morgan fingerprint density at radius 1 is 0.905 bits per heavy atom. The number of rotatable bonds is 3. The molecule has 21 heavy (non-hydrogen) atoms. The summed E-state index contributed by atoms with van der Waals surface area (Å²) in [7, 11) is 0. The lowest BCUT2D eigenvalue weighted by atomic mass is 10.0. The van der Waals surface area contributed by atoms with Crippen molar-refractivity contribution < 1.29 is 9.84 Å². The summed E-state index contributed by atoms with van der Waals surface area (Å²) >= 11 is 3.51. The first-order valence-corrected chi connectivity index (χ1v) is 7.26. The zero-order valence-corrected chi connectivity index (χ0v) is 12.7. The standard InChI is InChI=1S/C18H12BrO2/c19-18-16(21-14-9-5-2-6-10-14)12-11-15(20)17(18)13-7-3-1-4-8-13/h1-11,20H. The Labute approximate surface area is 131 Å². The minimum absolute atomic E-state index is 0.161. The number of halogens is 1. The van der Waals surface area contributed by atoms with Gasteiger partial charge in [0, 0.05) is 11.6 Å². The van der Waals surface area contributed by atoms with E-state index in [2.05, 4.69) is 22.0 Å². The molecule has 0 saturated carbocycles. The van der Waals surface area contributed by atoms with Gasteiger partial charge in [-0.3, -0.25) is 0 Å². The molecular formula is C18H12BrO2. The molecule has 0 atom stereocenters. The Morgan fingerprint density at radius 3 is 2.19 bits per heavy atom. The van der Waals surface area contributed by atoms with Gasteiger partial charge in [0.15, 0.2) is 0 Å². The van der Waals surface area contributed by atoms with Crippen LogP contribution in [-0.4, -0.2) is 5.11 Å². The highest BCUT2D eigenvalue weighted by Gasteiger charge is 2.14. The van der Waals surface area contributed by atoms with Gasteiger partial charge in [-0.1, -0.05) is 48.5 Å². The van der Waals surface area contributed by atoms with E-state index in [0.717, 1.165) is 11.3 Å². The normalized spacial score (nSPS) is 10.3. The smallest absolute Gasteiger partial charge is 0.150 e. The third-order valence-corrected chi connectivity index (χ3v) is 3.80. The number of ether oxygens (including phenoxy) is 1. The van der Waals surface area contributed by atoms with Crippen LogP contribution in [0.5, 0.6) is 17.2 Å². The molecule has 3 rings (SSSR count). The molecule has 0 aliphatic rings. The lowest BCUT2D eigenvalue weighted by Crippen LogP contribution is -1.89. The maximum Gasteiger partial charge on any atom is 0.150 e. The first-order valence-electron chi connectivity index (χ1n) is 6.47. The molecule has 0 unspecified atom stereocenters. The summed E-state index contributed by atoms with van der Waals surface area (Å²) in [5.74, 6) is 1.42. The molecule has 0 amide bonds. The van der Waals surface area contributed by atoms with Crippen molar-refractivity contribution in [1.29, 1.82) is 0 Å². The minimum Gasteiger partial charge on any atom is -0.507 e. The number of hydrogen-bond acceptors (Lipinski definition) is 2. The van der Waals surface area contributed by atoms with E-state index in [1.165, 1.54) is 6.07 Å². The van der Waals surface area contributed by atoms with Crippen LogP contribution in [0.1, 0.15) is 0 Å². The number of aromatic hydroxyl groups is 1. The molecule has 0 saturated heterocycles. The van der Waals surface area contributed by atoms with E-state index in [1.54, 1.807) is 0 Å². The van der Waals surface area contributed by atoms with E-state index in [0.29, 0.717) is 15.8 Å². The fourth-order valence-corrected chi connectivity index (χ4v) is 2.68. The average Bonchev–Trinajstić information content (AvgIpc) is 2.52. The maximum absolute atomic E-state index is 10.1. The molecule has 0 heterocycles. The van der Waals surface area contributed by atoms with Crippen molar-refractivity contribution >= 4 is 15.9 Å². The van der Waals surface area contributed by atoms with Crippen molar-refractivity contribution in [2.24, 2.45) is 0 Å². The number of phenolic OH excluding ortho intramolecular Hbond substituents is 1. The van der Waals surface area contributed by atoms with Gasteiger partial charge in [-0.25, -0.2) is 0 Å². The van der Waals surface area contributed by atoms with Crippen molar-refractivity contribution in [2.45, 2.75) is 0 Å². The van der Waals surface area contributed by atoms with Crippen LogP contribution in [0.3, 0.4) is 0 Å². The molecule has 1 N–H and O–H groups in total. The van der Waals surface area contributed by atoms with E-state index >= 15 is 0 Å². The van der Waals surface area contributed by atoms with Crippen LogP contribution in [0.4, 0.5) is 0 Å². The largest absolute Gasteiger partial charge is 0.507 e. The third-order valence-electron chi connectivity index (χ3n) is 3.04. The van der Waals surface area contributed by atoms with Gasteiger partial charge in [0.05, 0.1) is 4.47 Å².